The minimum atomic E-state index is 0.548. The molecular formula is C13H18BrClN2. The molecule has 0 N–H and O–H groups in total. The summed E-state index contributed by atoms with van der Waals surface area (Å²) in [4.78, 5) is 4.84. The van der Waals surface area contributed by atoms with Crippen molar-refractivity contribution in [2.45, 2.75) is 18.8 Å². The van der Waals surface area contributed by atoms with Gasteiger partial charge < -0.3 is 9.80 Å². The fourth-order valence-electron chi connectivity index (χ4n) is 2.36. The quantitative estimate of drug-likeness (QED) is 0.772. The van der Waals surface area contributed by atoms with Crippen LogP contribution in [0.25, 0.3) is 0 Å². The zero-order chi connectivity index (χ0) is 12.4. The molecule has 1 unspecified atom stereocenters. The maximum absolute atomic E-state index is 5.84. The summed E-state index contributed by atoms with van der Waals surface area (Å²) in [5.74, 6) is 0.567. The van der Waals surface area contributed by atoms with E-state index in [1.165, 1.54) is 5.69 Å². The van der Waals surface area contributed by atoms with E-state index in [4.69, 9.17) is 11.6 Å². The molecule has 4 heteroatoms. The van der Waals surface area contributed by atoms with Crippen LogP contribution in [0.1, 0.15) is 12.5 Å². The van der Waals surface area contributed by atoms with Crippen LogP contribution in [-0.4, -0.2) is 37.6 Å². The lowest BCUT2D eigenvalue weighted by atomic mass is 10.1. The Labute approximate surface area is 117 Å². The Bertz CT molecular complexity index is 397. The summed E-state index contributed by atoms with van der Waals surface area (Å²) in [5.41, 5.74) is 2.43. The number of anilines is 1. The third-order valence-electron chi connectivity index (χ3n) is 3.31. The van der Waals surface area contributed by atoms with E-state index in [0.717, 1.165) is 29.7 Å². The summed E-state index contributed by atoms with van der Waals surface area (Å²) >= 11 is 9.50. The summed E-state index contributed by atoms with van der Waals surface area (Å²) in [6, 6.07) is 6.95. The van der Waals surface area contributed by atoms with E-state index in [-0.39, 0.29) is 0 Å². The predicted octanol–water partition coefficient (Wildman–Crippen LogP) is 3.33. The fourth-order valence-corrected chi connectivity index (χ4v) is 3.18. The van der Waals surface area contributed by atoms with Crippen molar-refractivity contribution < 1.29 is 0 Å². The third-order valence-corrected chi connectivity index (χ3v) is 4.25. The van der Waals surface area contributed by atoms with E-state index in [9.17, 15) is 0 Å². The van der Waals surface area contributed by atoms with Gasteiger partial charge in [-0.25, -0.2) is 0 Å². The number of nitrogens with zero attached hydrogens (tertiary/aromatic N) is 2. The van der Waals surface area contributed by atoms with Gasteiger partial charge in [-0.3, -0.25) is 0 Å². The summed E-state index contributed by atoms with van der Waals surface area (Å²) < 4.78 is 1.15. The molecule has 2 nitrogen and oxygen atoms in total. The number of hydrogen-bond acceptors (Lipinski definition) is 2. The Hall–Kier alpha value is -0.250. The molecule has 0 spiro atoms. The molecule has 0 amide bonds. The maximum Gasteiger partial charge on any atom is 0.0514 e. The summed E-state index contributed by atoms with van der Waals surface area (Å²) in [6.45, 7) is 5.59. The number of piperazine rings is 1. The number of likely N-dealkylation sites (N-methyl/N-ethyl adjacent to an activating group) is 1. The first-order valence-corrected chi connectivity index (χ1v) is 7.24. The highest BCUT2D eigenvalue weighted by molar-refractivity contribution is 9.10. The first kappa shape index (κ1) is 13.2. The molecule has 0 aromatic heterocycles. The molecule has 1 atom stereocenters. The Morgan fingerprint density at radius 2 is 2.18 bits per heavy atom. The van der Waals surface area contributed by atoms with Crippen LogP contribution in [0, 0.1) is 0 Å². The van der Waals surface area contributed by atoms with Crippen LogP contribution in [0.15, 0.2) is 22.7 Å². The standard InChI is InChI=1S/C13H18BrClN2/c1-10-9-16(2)5-6-17(10)13-4-3-11(8-15)7-12(13)14/h3-4,7,10H,5-6,8-9H2,1-2H3. The Morgan fingerprint density at radius 1 is 1.41 bits per heavy atom. The molecule has 0 radical (unpaired) electrons. The molecule has 2 rings (SSSR count). The van der Waals surface area contributed by atoms with Gasteiger partial charge in [-0.1, -0.05) is 6.07 Å². The van der Waals surface area contributed by atoms with Gasteiger partial charge >= 0.3 is 0 Å². The summed E-state index contributed by atoms with van der Waals surface area (Å²) in [6.07, 6.45) is 0. The van der Waals surface area contributed by atoms with E-state index in [1.807, 2.05) is 0 Å². The van der Waals surface area contributed by atoms with Gasteiger partial charge in [-0.15, -0.1) is 11.6 Å². The van der Waals surface area contributed by atoms with Crippen LogP contribution in [-0.2, 0) is 5.88 Å². The van der Waals surface area contributed by atoms with Gasteiger partial charge in [0.1, 0.15) is 0 Å². The molecule has 1 aliphatic rings. The summed E-state index contributed by atoms with van der Waals surface area (Å²) in [7, 11) is 2.18. The van der Waals surface area contributed by atoms with Crippen molar-refractivity contribution in [2.75, 3.05) is 31.6 Å². The van der Waals surface area contributed by atoms with Crippen molar-refractivity contribution in [1.82, 2.24) is 4.90 Å². The van der Waals surface area contributed by atoms with Gasteiger partial charge in [0.25, 0.3) is 0 Å². The van der Waals surface area contributed by atoms with Crippen molar-refractivity contribution in [3.63, 3.8) is 0 Å². The lowest BCUT2D eigenvalue weighted by molar-refractivity contribution is 0.275. The Balaban J connectivity index is 2.22. The minimum absolute atomic E-state index is 0.548. The lowest BCUT2D eigenvalue weighted by Crippen LogP contribution is -2.50. The van der Waals surface area contributed by atoms with Crippen molar-refractivity contribution >= 4 is 33.2 Å². The normalized spacial score (nSPS) is 21.9. The van der Waals surface area contributed by atoms with Crippen LogP contribution < -0.4 is 4.90 Å². The number of halogens is 2. The highest BCUT2D eigenvalue weighted by atomic mass is 79.9. The first-order valence-electron chi connectivity index (χ1n) is 5.91. The first-order chi connectivity index (χ1) is 8.11. The molecule has 0 bridgehead atoms. The number of benzene rings is 1. The van der Waals surface area contributed by atoms with E-state index in [1.54, 1.807) is 0 Å². The summed E-state index contributed by atoms with van der Waals surface area (Å²) in [5, 5.41) is 0. The maximum atomic E-state index is 5.84. The zero-order valence-corrected chi connectivity index (χ0v) is 12.6. The molecule has 0 saturated carbocycles. The van der Waals surface area contributed by atoms with Crippen LogP contribution in [0.2, 0.25) is 0 Å². The van der Waals surface area contributed by atoms with Gasteiger partial charge in [-0.05, 0) is 47.6 Å². The highest BCUT2D eigenvalue weighted by Crippen LogP contribution is 2.30. The zero-order valence-electron chi connectivity index (χ0n) is 10.3. The van der Waals surface area contributed by atoms with Crippen molar-refractivity contribution in [1.29, 1.82) is 0 Å². The number of rotatable bonds is 2. The second-order valence-corrected chi connectivity index (χ2v) is 5.85. The minimum Gasteiger partial charge on any atom is -0.365 e. The molecule has 17 heavy (non-hydrogen) atoms. The lowest BCUT2D eigenvalue weighted by Gasteiger charge is -2.40. The molecule has 1 aromatic carbocycles. The van der Waals surface area contributed by atoms with Crippen molar-refractivity contribution in [2.24, 2.45) is 0 Å². The number of alkyl halides is 1. The van der Waals surface area contributed by atoms with Crippen LogP contribution in [0.5, 0.6) is 0 Å². The molecule has 1 saturated heterocycles. The Kier molecular flexibility index (Phi) is 4.34. The van der Waals surface area contributed by atoms with Crippen LogP contribution >= 0.6 is 27.5 Å². The molecule has 0 aliphatic carbocycles. The molecule has 1 aromatic rings. The van der Waals surface area contributed by atoms with E-state index in [2.05, 4.69) is 57.9 Å². The molecular weight excluding hydrogens is 300 g/mol. The van der Waals surface area contributed by atoms with Crippen molar-refractivity contribution in [3.05, 3.63) is 28.2 Å². The van der Waals surface area contributed by atoms with Gasteiger partial charge in [0.15, 0.2) is 0 Å². The second-order valence-electron chi connectivity index (χ2n) is 4.72. The average molecular weight is 318 g/mol. The van der Waals surface area contributed by atoms with E-state index >= 15 is 0 Å². The molecule has 1 aliphatic heterocycles. The van der Waals surface area contributed by atoms with Gasteiger partial charge in [0.2, 0.25) is 0 Å². The van der Waals surface area contributed by atoms with Crippen LogP contribution in [0.4, 0.5) is 5.69 Å². The third kappa shape index (κ3) is 2.95. The fraction of sp³-hybridized carbons (Fsp3) is 0.538. The van der Waals surface area contributed by atoms with E-state index in [0.29, 0.717) is 11.9 Å². The highest BCUT2D eigenvalue weighted by Gasteiger charge is 2.22. The number of hydrogen-bond donors (Lipinski definition) is 0. The largest absolute Gasteiger partial charge is 0.365 e. The SMILES string of the molecule is CC1CN(C)CCN1c1ccc(CCl)cc1Br. The molecule has 1 fully saturated rings. The van der Waals surface area contributed by atoms with Crippen molar-refractivity contribution in [3.8, 4) is 0 Å². The predicted molar refractivity (Wildman–Crippen MR) is 78.0 cm³/mol. The van der Waals surface area contributed by atoms with Crippen LogP contribution in [0.3, 0.4) is 0 Å². The average Bonchev–Trinajstić information content (AvgIpc) is 2.30. The van der Waals surface area contributed by atoms with E-state index < -0.39 is 0 Å². The second kappa shape index (κ2) is 5.59. The Morgan fingerprint density at radius 3 is 2.76 bits per heavy atom. The molecule has 94 valence electrons. The smallest absolute Gasteiger partial charge is 0.0514 e. The van der Waals surface area contributed by atoms with Gasteiger partial charge in [-0.2, -0.15) is 0 Å². The topological polar surface area (TPSA) is 6.48 Å². The van der Waals surface area contributed by atoms with Gasteiger partial charge in [0, 0.05) is 36.0 Å². The monoisotopic (exact) mass is 316 g/mol. The molecule has 1 heterocycles. The van der Waals surface area contributed by atoms with Gasteiger partial charge in [0.05, 0.1) is 5.69 Å².